The predicted molar refractivity (Wildman–Crippen MR) is 180 cm³/mol. The molecule has 6 nitrogen and oxygen atoms in total. The van der Waals surface area contributed by atoms with Crippen LogP contribution in [0.15, 0.2) is 128 Å². The zero-order valence-electron chi connectivity index (χ0n) is 25.3. The maximum absolute atomic E-state index is 4.83. The lowest BCUT2D eigenvalue weighted by Gasteiger charge is -2.09. The fourth-order valence-electron chi connectivity index (χ4n) is 5.28. The second-order valence-electron chi connectivity index (χ2n) is 11.2. The summed E-state index contributed by atoms with van der Waals surface area (Å²) in [6.07, 6.45) is 5.57. The summed E-state index contributed by atoms with van der Waals surface area (Å²) in [6, 6.07) is 37.1. The molecule has 0 aliphatic rings. The maximum Gasteiger partial charge on any atom is 0.182 e. The Bertz CT molecular complexity index is 1860. The number of aromatic nitrogens is 6. The molecule has 216 valence electrons. The first kappa shape index (κ1) is 27.9. The number of hydrogen-bond acceptors (Lipinski definition) is 6. The van der Waals surface area contributed by atoms with Gasteiger partial charge in [-0.2, -0.15) is 0 Å². The molecule has 0 amide bonds. The van der Waals surface area contributed by atoms with Crippen molar-refractivity contribution in [2.24, 2.45) is 0 Å². The first-order chi connectivity index (χ1) is 22.0. The van der Waals surface area contributed by atoms with Crippen molar-refractivity contribution in [1.82, 2.24) is 29.9 Å². The molecule has 4 aromatic heterocycles. The highest BCUT2D eigenvalue weighted by molar-refractivity contribution is 5.70. The highest BCUT2D eigenvalue weighted by Gasteiger charge is 2.15. The van der Waals surface area contributed by atoms with Gasteiger partial charge in [-0.1, -0.05) is 108 Å². The van der Waals surface area contributed by atoms with Gasteiger partial charge in [0, 0.05) is 35.3 Å². The van der Waals surface area contributed by atoms with E-state index >= 15 is 0 Å². The van der Waals surface area contributed by atoms with E-state index in [1.54, 1.807) is 0 Å². The molecular formula is C39H30N6. The Morgan fingerprint density at radius 2 is 0.644 bits per heavy atom. The third-order valence-electron chi connectivity index (χ3n) is 7.67. The minimum atomic E-state index is 0.458. The van der Waals surface area contributed by atoms with Crippen molar-refractivity contribution in [1.29, 1.82) is 0 Å². The lowest BCUT2D eigenvalue weighted by Crippen LogP contribution is -2.03. The highest BCUT2D eigenvalue weighted by atomic mass is 15.1. The Labute approximate surface area is 262 Å². The van der Waals surface area contributed by atoms with Crippen LogP contribution in [0.5, 0.6) is 0 Å². The van der Waals surface area contributed by atoms with Gasteiger partial charge in [-0.15, -0.1) is 0 Å². The monoisotopic (exact) mass is 582 g/mol. The van der Waals surface area contributed by atoms with Gasteiger partial charge in [-0.25, -0.2) is 15.0 Å². The van der Waals surface area contributed by atoms with Crippen molar-refractivity contribution >= 4 is 0 Å². The lowest BCUT2D eigenvalue weighted by atomic mass is 10.0. The van der Waals surface area contributed by atoms with E-state index in [1.165, 1.54) is 16.7 Å². The first-order valence-corrected chi connectivity index (χ1v) is 14.8. The summed E-state index contributed by atoms with van der Waals surface area (Å²) in [5.41, 5.74) is 11.9. The maximum atomic E-state index is 4.83. The Morgan fingerprint density at radius 3 is 0.889 bits per heavy atom. The third-order valence-corrected chi connectivity index (χ3v) is 7.67. The van der Waals surface area contributed by atoms with Crippen molar-refractivity contribution in [3.8, 4) is 67.9 Å². The average Bonchev–Trinajstić information content (AvgIpc) is 3.08. The van der Waals surface area contributed by atoms with Crippen LogP contribution < -0.4 is 0 Å². The van der Waals surface area contributed by atoms with E-state index in [-0.39, 0.29) is 0 Å². The number of nitrogens with zero attached hydrogens (tertiary/aromatic N) is 6. The predicted octanol–water partition coefficient (Wildman–Crippen LogP) is 8.98. The lowest BCUT2D eigenvalue weighted by molar-refractivity contribution is 1.03. The molecule has 0 aliphatic carbocycles. The second-order valence-corrected chi connectivity index (χ2v) is 11.2. The molecule has 3 aromatic carbocycles. The van der Waals surface area contributed by atoms with Gasteiger partial charge in [-0.3, -0.25) is 15.0 Å². The van der Waals surface area contributed by atoms with Crippen LogP contribution >= 0.6 is 0 Å². The van der Waals surface area contributed by atoms with Gasteiger partial charge in [-0.05, 0) is 55.7 Å². The summed E-state index contributed by atoms with van der Waals surface area (Å²) in [7, 11) is 0. The van der Waals surface area contributed by atoms with Crippen LogP contribution in [0.3, 0.4) is 0 Å². The summed E-state index contributed by atoms with van der Waals surface area (Å²) in [5, 5.41) is 0. The molecule has 0 radical (unpaired) electrons. The SMILES string of the molecule is Cc1cccc(-c2ccc(-c3nc(-c4ccc(-c5cccc(C)c5)cn4)nc(-c4ccc(-c5cccc(C)c5)cn4)n3)nc2)c1. The van der Waals surface area contributed by atoms with Crippen molar-refractivity contribution in [3.05, 3.63) is 144 Å². The van der Waals surface area contributed by atoms with Crippen molar-refractivity contribution < 1.29 is 0 Å². The molecule has 0 saturated carbocycles. The molecule has 7 rings (SSSR count). The molecule has 6 heteroatoms. The van der Waals surface area contributed by atoms with Crippen LogP contribution in [0.25, 0.3) is 67.9 Å². The minimum Gasteiger partial charge on any atom is -0.252 e. The third kappa shape index (κ3) is 6.12. The number of aryl methyl sites for hydroxylation is 3. The highest BCUT2D eigenvalue weighted by Crippen LogP contribution is 2.28. The standard InChI is InChI=1S/C39H30N6/c1-25-7-4-10-28(19-25)31-13-16-34(40-22-31)37-43-38(35-17-14-32(23-41-35)29-11-5-8-26(2)20-29)45-39(44-37)36-18-15-33(24-42-36)30-12-6-9-27(3)21-30/h4-24H,1-3H3. The van der Waals surface area contributed by atoms with E-state index in [4.69, 9.17) is 29.9 Å². The zero-order valence-corrected chi connectivity index (χ0v) is 25.3. The largest absolute Gasteiger partial charge is 0.252 e. The smallest absolute Gasteiger partial charge is 0.182 e. The fourth-order valence-corrected chi connectivity index (χ4v) is 5.28. The molecule has 0 fully saturated rings. The topological polar surface area (TPSA) is 77.3 Å². The summed E-state index contributed by atoms with van der Waals surface area (Å²) in [5.74, 6) is 1.37. The van der Waals surface area contributed by atoms with E-state index in [0.29, 0.717) is 34.6 Å². The Kier molecular flexibility index (Phi) is 7.46. The van der Waals surface area contributed by atoms with Gasteiger partial charge in [0.2, 0.25) is 0 Å². The van der Waals surface area contributed by atoms with E-state index in [2.05, 4.69) is 93.6 Å². The molecule has 7 aromatic rings. The van der Waals surface area contributed by atoms with Crippen molar-refractivity contribution in [3.63, 3.8) is 0 Å². The normalized spacial score (nSPS) is 11.0. The Morgan fingerprint density at radius 1 is 0.333 bits per heavy atom. The number of hydrogen-bond donors (Lipinski definition) is 0. The summed E-state index contributed by atoms with van der Waals surface area (Å²) >= 11 is 0. The summed E-state index contributed by atoms with van der Waals surface area (Å²) in [4.78, 5) is 28.8. The molecule has 0 aliphatic heterocycles. The van der Waals surface area contributed by atoms with Gasteiger partial charge >= 0.3 is 0 Å². The van der Waals surface area contributed by atoms with Crippen LogP contribution in [0.4, 0.5) is 0 Å². The summed E-state index contributed by atoms with van der Waals surface area (Å²) < 4.78 is 0. The van der Waals surface area contributed by atoms with Crippen LogP contribution in [-0.2, 0) is 0 Å². The quantitative estimate of drug-likeness (QED) is 0.195. The van der Waals surface area contributed by atoms with Gasteiger partial charge in [0.15, 0.2) is 17.5 Å². The summed E-state index contributed by atoms with van der Waals surface area (Å²) in [6.45, 7) is 6.26. The van der Waals surface area contributed by atoms with E-state index in [0.717, 1.165) is 33.4 Å². The molecule has 0 atom stereocenters. The number of pyridine rings is 3. The Balaban J connectivity index is 1.28. The fraction of sp³-hybridized carbons (Fsp3) is 0.0769. The number of benzene rings is 3. The van der Waals surface area contributed by atoms with Gasteiger partial charge < -0.3 is 0 Å². The number of rotatable bonds is 6. The van der Waals surface area contributed by atoms with Crippen LogP contribution in [0.1, 0.15) is 16.7 Å². The minimum absolute atomic E-state index is 0.458. The zero-order chi connectivity index (χ0) is 30.8. The van der Waals surface area contributed by atoms with Crippen LogP contribution in [-0.4, -0.2) is 29.9 Å². The molecule has 0 unspecified atom stereocenters. The van der Waals surface area contributed by atoms with E-state index < -0.39 is 0 Å². The molecule has 0 saturated heterocycles. The molecule has 0 N–H and O–H groups in total. The van der Waals surface area contributed by atoms with Crippen molar-refractivity contribution in [2.45, 2.75) is 20.8 Å². The molecule has 4 heterocycles. The van der Waals surface area contributed by atoms with Crippen LogP contribution in [0.2, 0.25) is 0 Å². The molecule has 0 spiro atoms. The van der Waals surface area contributed by atoms with Gasteiger partial charge in [0.25, 0.3) is 0 Å². The van der Waals surface area contributed by atoms with E-state index in [1.807, 2.05) is 55.0 Å². The Hall–Kier alpha value is -5.88. The average molecular weight is 583 g/mol. The van der Waals surface area contributed by atoms with E-state index in [9.17, 15) is 0 Å². The van der Waals surface area contributed by atoms with Gasteiger partial charge in [0.1, 0.15) is 17.1 Å². The van der Waals surface area contributed by atoms with Gasteiger partial charge in [0.05, 0.1) is 0 Å². The second kappa shape index (κ2) is 12.0. The molecule has 0 bridgehead atoms. The molecular weight excluding hydrogens is 552 g/mol. The molecule has 45 heavy (non-hydrogen) atoms. The van der Waals surface area contributed by atoms with Crippen molar-refractivity contribution in [2.75, 3.05) is 0 Å². The van der Waals surface area contributed by atoms with Crippen LogP contribution in [0, 0.1) is 20.8 Å². The first-order valence-electron chi connectivity index (χ1n) is 14.8.